The van der Waals surface area contributed by atoms with Gasteiger partial charge in [0, 0.05) is 31.1 Å². The van der Waals surface area contributed by atoms with Crippen molar-refractivity contribution in [3.8, 4) is 6.07 Å². The average molecular weight is 537 g/mol. The number of nitrogens with zero attached hydrogens (tertiary/aromatic N) is 3. The molecule has 4 atom stereocenters. The number of likely N-dealkylation sites (tertiary alicyclic amines) is 1. The van der Waals surface area contributed by atoms with Crippen molar-refractivity contribution < 1.29 is 24.4 Å². The fourth-order valence-corrected chi connectivity index (χ4v) is 5.73. The Morgan fingerprint density at radius 3 is 2.38 bits per heavy atom. The lowest BCUT2D eigenvalue weighted by Gasteiger charge is -2.31. The van der Waals surface area contributed by atoms with E-state index in [-0.39, 0.29) is 24.2 Å². The van der Waals surface area contributed by atoms with Crippen LogP contribution in [0.15, 0.2) is 84.9 Å². The molecule has 0 bridgehead atoms. The van der Waals surface area contributed by atoms with Gasteiger partial charge in [-0.25, -0.2) is 0 Å². The van der Waals surface area contributed by atoms with Gasteiger partial charge in [0.1, 0.15) is 5.54 Å². The summed E-state index contributed by atoms with van der Waals surface area (Å²) in [5, 5.41) is 34.5. The minimum atomic E-state index is -1.90. The van der Waals surface area contributed by atoms with E-state index in [1.807, 2.05) is 30.3 Å². The number of carboxylic acid groups (broad SMARTS) is 1. The number of amides is 2. The second kappa shape index (κ2) is 10.6. The van der Waals surface area contributed by atoms with Gasteiger partial charge in [-0.2, -0.15) is 5.26 Å². The molecule has 5 rings (SSSR count). The largest absolute Gasteiger partial charge is 0.480 e. The lowest BCUT2D eigenvalue weighted by Crippen LogP contribution is -2.57. The summed E-state index contributed by atoms with van der Waals surface area (Å²) in [4.78, 5) is 52.3. The fraction of sp³-hybridized carbons (Fsp3) is 0.200. The second-order valence-corrected chi connectivity index (χ2v) is 9.80. The van der Waals surface area contributed by atoms with Crippen molar-refractivity contribution in [2.24, 2.45) is 11.8 Å². The summed E-state index contributed by atoms with van der Waals surface area (Å²) in [7, 11) is 0. The SMILES string of the molecule is N#Cc1ccccc1C1NC(Cc2ccc([N+](=O)[O-])cc2)(C(=O)O)C2C(=O)N(C/C=C\c3ccccc3)C(=O)C12. The van der Waals surface area contributed by atoms with Crippen LogP contribution in [-0.4, -0.2) is 44.8 Å². The van der Waals surface area contributed by atoms with E-state index in [1.54, 1.807) is 36.4 Å². The molecule has 3 aromatic rings. The Morgan fingerprint density at radius 1 is 1.05 bits per heavy atom. The molecule has 2 fully saturated rings. The van der Waals surface area contributed by atoms with Crippen molar-refractivity contribution in [1.82, 2.24) is 10.2 Å². The molecule has 0 spiro atoms. The molecule has 10 nitrogen and oxygen atoms in total. The van der Waals surface area contributed by atoms with Gasteiger partial charge in [-0.15, -0.1) is 0 Å². The number of non-ortho nitro benzene ring substituents is 1. The Labute approximate surface area is 229 Å². The maximum atomic E-state index is 13.8. The molecule has 3 aromatic carbocycles. The molecule has 40 heavy (non-hydrogen) atoms. The van der Waals surface area contributed by atoms with Gasteiger partial charge in [-0.05, 0) is 22.8 Å². The van der Waals surface area contributed by atoms with Crippen LogP contribution in [0.3, 0.4) is 0 Å². The third-order valence-corrected chi connectivity index (χ3v) is 7.57. The van der Waals surface area contributed by atoms with Crippen LogP contribution >= 0.6 is 0 Å². The average Bonchev–Trinajstić information content (AvgIpc) is 3.43. The highest BCUT2D eigenvalue weighted by Crippen LogP contribution is 2.50. The number of imide groups is 1. The van der Waals surface area contributed by atoms with Crippen LogP contribution < -0.4 is 5.32 Å². The summed E-state index contributed by atoms with van der Waals surface area (Å²) in [6.07, 6.45) is 3.24. The first-order chi connectivity index (χ1) is 19.3. The second-order valence-electron chi connectivity index (χ2n) is 9.80. The van der Waals surface area contributed by atoms with Gasteiger partial charge in [0.15, 0.2) is 0 Å². The van der Waals surface area contributed by atoms with Crippen LogP contribution in [0.2, 0.25) is 0 Å². The predicted molar refractivity (Wildman–Crippen MR) is 143 cm³/mol. The molecule has 10 heteroatoms. The quantitative estimate of drug-likeness (QED) is 0.252. The molecule has 200 valence electrons. The third kappa shape index (κ3) is 4.52. The Morgan fingerprint density at radius 2 is 1.73 bits per heavy atom. The Bertz CT molecular complexity index is 1560. The number of nitro groups is 1. The van der Waals surface area contributed by atoms with Gasteiger partial charge in [-0.3, -0.25) is 34.7 Å². The van der Waals surface area contributed by atoms with E-state index in [4.69, 9.17) is 0 Å². The first-order valence-electron chi connectivity index (χ1n) is 12.6. The molecule has 2 heterocycles. The van der Waals surface area contributed by atoms with Crippen molar-refractivity contribution in [3.63, 3.8) is 0 Å². The molecular formula is C30H24N4O6. The molecule has 2 N–H and O–H groups in total. The maximum absolute atomic E-state index is 13.8. The van der Waals surface area contributed by atoms with Crippen molar-refractivity contribution in [2.75, 3.05) is 6.54 Å². The summed E-state index contributed by atoms with van der Waals surface area (Å²) in [6, 6.07) is 22.5. The van der Waals surface area contributed by atoms with Gasteiger partial charge >= 0.3 is 5.97 Å². The van der Waals surface area contributed by atoms with Crippen molar-refractivity contribution in [2.45, 2.75) is 18.0 Å². The summed E-state index contributed by atoms with van der Waals surface area (Å²) in [5.41, 5.74) is -0.0562. The van der Waals surface area contributed by atoms with Crippen LogP contribution in [0.4, 0.5) is 5.69 Å². The minimum Gasteiger partial charge on any atom is -0.480 e. The summed E-state index contributed by atoms with van der Waals surface area (Å²) in [5.74, 6) is -4.82. The van der Waals surface area contributed by atoms with E-state index >= 15 is 0 Å². The molecular weight excluding hydrogens is 512 g/mol. The topological polar surface area (TPSA) is 154 Å². The van der Waals surface area contributed by atoms with Gasteiger partial charge in [0.2, 0.25) is 11.8 Å². The molecule has 4 unspecified atom stereocenters. The number of hydrogen-bond acceptors (Lipinski definition) is 7. The van der Waals surface area contributed by atoms with Crippen molar-refractivity contribution >= 4 is 29.5 Å². The zero-order valence-electron chi connectivity index (χ0n) is 21.1. The molecule has 2 saturated heterocycles. The summed E-state index contributed by atoms with van der Waals surface area (Å²) >= 11 is 0. The summed E-state index contributed by atoms with van der Waals surface area (Å²) < 4.78 is 0. The number of rotatable bonds is 8. The third-order valence-electron chi connectivity index (χ3n) is 7.57. The Kier molecular flexibility index (Phi) is 6.98. The highest BCUT2D eigenvalue weighted by molar-refractivity contribution is 6.09. The lowest BCUT2D eigenvalue weighted by molar-refractivity contribution is -0.384. The van der Waals surface area contributed by atoms with Crippen LogP contribution in [0, 0.1) is 33.3 Å². The monoisotopic (exact) mass is 536 g/mol. The first-order valence-corrected chi connectivity index (χ1v) is 12.6. The number of carbonyl (C=O) groups is 3. The normalized spacial score (nSPS) is 23.8. The Hall–Kier alpha value is -5.14. The number of carboxylic acids is 1. The lowest BCUT2D eigenvalue weighted by atomic mass is 9.76. The number of nitriles is 1. The van der Waals surface area contributed by atoms with Crippen LogP contribution in [0.25, 0.3) is 6.08 Å². The van der Waals surface area contributed by atoms with Gasteiger partial charge in [0.25, 0.3) is 5.69 Å². The van der Waals surface area contributed by atoms with Crippen molar-refractivity contribution in [1.29, 1.82) is 5.26 Å². The minimum absolute atomic E-state index is 0.0423. The zero-order chi connectivity index (χ0) is 28.4. The molecule has 2 aliphatic rings. The fourth-order valence-electron chi connectivity index (χ4n) is 5.73. The van der Waals surface area contributed by atoms with Crippen molar-refractivity contribution in [3.05, 3.63) is 117 Å². The predicted octanol–water partition coefficient (Wildman–Crippen LogP) is 3.49. The number of fused-ring (bicyclic) bond motifs is 1. The van der Waals surface area contributed by atoms with Gasteiger partial charge in [0.05, 0.1) is 28.4 Å². The summed E-state index contributed by atoms with van der Waals surface area (Å²) in [6.45, 7) is -0.0423. The number of nitro benzene ring substituents is 1. The van der Waals surface area contributed by atoms with Crippen LogP contribution in [-0.2, 0) is 20.8 Å². The van der Waals surface area contributed by atoms with Gasteiger partial charge < -0.3 is 5.11 Å². The molecule has 0 saturated carbocycles. The molecule has 0 aromatic heterocycles. The highest BCUT2D eigenvalue weighted by atomic mass is 16.6. The van der Waals surface area contributed by atoms with Crippen LogP contribution in [0.1, 0.15) is 28.3 Å². The molecule has 0 radical (unpaired) electrons. The zero-order valence-corrected chi connectivity index (χ0v) is 21.1. The number of hydrogen-bond donors (Lipinski definition) is 2. The maximum Gasteiger partial charge on any atom is 0.325 e. The number of nitrogens with one attached hydrogen (secondary N) is 1. The van der Waals surface area contributed by atoms with E-state index in [2.05, 4.69) is 11.4 Å². The standard InChI is InChI=1S/C30H24N4O6/c31-18-21-10-4-5-11-23(21)26-24-25(28(36)33(27(24)35)16-6-9-19-7-2-1-3-8-19)30(32-26,29(37)38)17-20-12-14-22(15-13-20)34(39)40/h1-15,24-26,32H,16-17H2,(H,37,38)/b9-6-. The van der Waals surface area contributed by atoms with Gasteiger partial charge in [-0.1, -0.05) is 72.8 Å². The first kappa shape index (κ1) is 26.5. The molecule has 2 amide bonds. The number of aliphatic carboxylic acids is 1. The molecule has 2 aliphatic heterocycles. The smallest absolute Gasteiger partial charge is 0.325 e. The van der Waals surface area contributed by atoms with E-state index in [1.165, 1.54) is 24.3 Å². The number of benzene rings is 3. The van der Waals surface area contributed by atoms with E-state index in [0.29, 0.717) is 11.1 Å². The van der Waals surface area contributed by atoms with E-state index in [9.17, 15) is 34.9 Å². The highest BCUT2D eigenvalue weighted by Gasteiger charge is 2.68. The Balaban J connectivity index is 1.56. The van der Waals surface area contributed by atoms with E-state index < -0.39 is 46.1 Å². The molecule has 0 aliphatic carbocycles. The van der Waals surface area contributed by atoms with Crippen LogP contribution in [0.5, 0.6) is 0 Å². The number of carbonyl (C=O) groups excluding carboxylic acids is 2. The van der Waals surface area contributed by atoms with E-state index in [0.717, 1.165) is 10.5 Å².